The van der Waals surface area contributed by atoms with Crippen LogP contribution in [0, 0.1) is 0 Å². The number of carbonyl (C=O) groups is 2. The molecule has 84 valence electrons. The molecule has 2 amide bonds. The fourth-order valence-electron chi connectivity index (χ4n) is 2.22. The molecule has 0 aromatic heterocycles. The predicted molar refractivity (Wildman–Crippen MR) is 60.0 cm³/mol. The monoisotopic (exact) mass is 228 g/mol. The summed E-state index contributed by atoms with van der Waals surface area (Å²) in [5, 5.41) is 6.42. The van der Waals surface area contributed by atoms with E-state index in [1.54, 1.807) is 0 Å². The average Bonchev–Trinajstić information content (AvgIpc) is 2.73. The number of hydrogen-bond acceptors (Lipinski definition) is 3. The van der Waals surface area contributed by atoms with Crippen molar-refractivity contribution in [3.8, 4) is 0 Å². The van der Waals surface area contributed by atoms with Crippen molar-refractivity contribution in [2.24, 2.45) is 0 Å². The quantitative estimate of drug-likeness (QED) is 0.418. The maximum atomic E-state index is 11.1. The molecule has 0 aliphatic carbocycles. The van der Waals surface area contributed by atoms with E-state index in [1.807, 2.05) is 11.8 Å². The van der Waals surface area contributed by atoms with E-state index in [9.17, 15) is 9.59 Å². The van der Waals surface area contributed by atoms with Gasteiger partial charge in [0, 0.05) is 17.4 Å². The predicted octanol–water partition coefficient (Wildman–Crippen LogP) is 0.911. The zero-order valence-corrected chi connectivity index (χ0v) is 9.39. The van der Waals surface area contributed by atoms with Crippen LogP contribution in [0.15, 0.2) is 0 Å². The Labute approximate surface area is 93.6 Å². The minimum Gasteiger partial charge on any atom is -0.332 e. The first-order chi connectivity index (χ1) is 7.31. The van der Waals surface area contributed by atoms with Gasteiger partial charge in [-0.1, -0.05) is 6.42 Å². The Bertz CT molecular complexity index is 260. The van der Waals surface area contributed by atoms with Crippen molar-refractivity contribution in [1.82, 2.24) is 10.6 Å². The Balaban J connectivity index is 1.74. The summed E-state index contributed by atoms with van der Waals surface area (Å²) in [6, 6.07) is 0.598. The van der Waals surface area contributed by atoms with Crippen LogP contribution in [-0.4, -0.2) is 35.4 Å². The molecule has 4 nitrogen and oxygen atoms in total. The van der Waals surface area contributed by atoms with Gasteiger partial charge in [0.2, 0.25) is 0 Å². The van der Waals surface area contributed by atoms with E-state index in [1.165, 1.54) is 0 Å². The van der Waals surface area contributed by atoms with Crippen LogP contribution in [0.4, 0.5) is 4.79 Å². The Morgan fingerprint density at radius 2 is 2.27 bits per heavy atom. The summed E-state index contributed by atoms with van der Waals surface area (Å²) in [5.74, 6) is 1.02. The number of fused-ring (bicyclic) bond motifs is 1. The average molecular weight is 228 g/mol. The molecule has 2 saturated heterocycles. The van der Waals surface area contributed by atoms with Crippen LogP contribution in [0.2, 0.25) is 0 Å². The molecule has 0 aromatic rings. The fraction of sp³-hybridized carbons (Fsp3) is 0.800. The highest BCUT2D eigenvalue weighted by molar-refractivity contribution is 8.00. The minimum atomic E-state index is -0.0248. The molecule has 3 atom stereocenters. The molecule has 0 bridgehead atoms. The lowest BCUT2D eigenvalue weighted by atomic mass is 10.0. The number of hydrogen-bond donors (Lipinski definition) is 2. The van der Waals surface area contributed by atoms with E-state index >= 15 is 0 Å². The third kappa shape index (κ3) is 2.45. The van der Waals surface area contributed by atoms with E-state index in [4.69, 9.17) is 0 Å². The second-order valence-electron chi connectivity index (χ2n) is 4.07. The summed E-state index contributed by atoms with van der Waals surface area (Å²) in [5.41, 5.74) is 0. The number of amides is 2. The van der Waals surface area contributed by atoms with Gasteiger partial charge in [0.05, 0.1) is 12.1 Å². The Morgan fingerprint density at radius 3 is 3.07 bits per heavy atom. The number of unbranched alkanes of at least 4 members (excludes halogenated alkanes) is 2. The molecule has 0 radical (unpaired) electrons. The second kappa shape index (κ2) is 4.88. The zero-order chi connectivity index (χ0) is 10.7. The van der Waals surface area contributed by atoms with E-state index in [0.717, 1.165) is 31.3 Å². The first-order valence-corrected chi connectivity index (χ1v) is 6.48. The summed E-state index contributed by atoms with van der Waals surface area (Å²) in [6.45, 7) is 0. The van der Waals surface area contributed by atoms with Gasteiger partial charge in [0.1, 0.15) is 6.29 Å². The smallest absolute Gasteiger partial charge is 0.315 e. The Hall–Kier alpha value is -0.710. The molecule has 2 heterocycles. The van der Waals surface area contributed by atoms with Crippen molar-refractivity contribution in [2.45, 2.75) is 43.0 Å². The standard InChI is InChI=1S/C10H16N2O2S/c13-5-3-1-2-4-8-9-7(6-15-8)11-10(14)12-9/h5,7-9H,1-4,6H2,(H2,11,12,14)/t7-,8?,9-/m0/s1. The first-order valence-electron chi connectivity index (χ1n) is 5.43. The topological polar surface area (TPSA) is 58.2 Å². The number of rotatable bonds is 5. The van der Waals surface area contributed by atoms with Crippen LogP contribution < -0.4 is 10.6 Å². The Kier molecular flexibility index (Phi) is 3.51. The number of thioether (sulfide) groups is 1. The molecule has 2 fully saturated rings. The third-order valence-corrected chi connectivity index (χ3v) is 4.51. The lowest BCUT2D eigenvalue weighted by Gasteiger charge is -2.15. The van der Waals surface area contributed by atoms with Gasteiger partial charge in [-0.15, -0.1) is 0 Å². The first kappa shape index (κ1) is 10.8. The zero-order valence-electron chi connectivity index (χ0n) is 8.57. The summed E-state index contributed by atoms with van der Waals surface area (Å²) < 4.78 is 0. The van der Waals surface area contributed by atoms with Crippen LogP contribution in [0.1, 0.15) is 25.7 Å². The van der Waals surface area contributed by atoms with Crippen LogP contribution in [0.5, 0.6) is 0 Å². The van der Waals surface area contributed by atoms with E-state index < -0.39 is 0 Å². The highest BCUT2D eigenvalue weighted by Crippen LogP contribution is 2.33. The maximum Gasteiger partial charge on any atom is 0.315 e. The molecule has 15 heavy (non-hydrogen) atoms. The summed E-state index contributed by atoms with van der Waals surface area (Å²) in [7, 11) is 0. The third-order valence-electron chi connectivity index (χ3n) is 3.00. The lowest BCUT2D eigenvalue weighted by Crippen LogP contribution is -2.36. The molecular weight excluding hydrogens is 212 g/mol. The molecule has 2 aliphatic heterocycles. The Morgan fingerprint density at radius 1 is 1.40 bits per heavy atom. The van der Waals surface area contributed by atoms with Crippen molar-refractivity contribution < 1.29 is 9.59 Å². The van der Waals surface area contributed by atoms with Gasteiger partial charge in [-0.25, -0.2) is 4.79 Å². The van der Waals surface area contributed by atoms with Gasteiger partial charge >= 0.3 is 6.03 Å². The van der Waals surface area contributed by atoms with E-state index in [-0.39, 0.29) is 6.03 Å². The van der Waals surface area contributed by atoms with Crippen LogP contribution in [-0.2, 0) is 4.79 Å². The molecule has 0 spiro atoms. The van der Waals surface area contributed by atoms with E-state index in [0.29, 0.717) is 23.8 Å². The summed E-state index contributed by atoms with van der Waals surface area (Å²) in [4.78, 5) is 21.3. The highest BCUT2D eigenvalue weighted by Gasteiger charge is 2.42. The van der Waals surface area contributed by atoms with Gasteiger partial charge in [-0.3, -0.25) is 0 Å². The van der Waals surface area contributed by atoms with Gasteiger partial charge in [0.15, 0.2) is 0 Å². The van der Waals surface area contributed by atoms with Crippen molar-refractivity contribution in [2.75, 3.05) is 5.75 Å². The molecule has 1 unspecified atom stereocenters. The maximum absolute atomic E-state index is 11.1. The number of nitrogens with one attached hydrogen (secondary N) is 2. The lowest BCUT2D eigenvalue weighted by molar-refractivity contribution is -0.107. The minimum absolute atomic E-state index is 0.0248. The molecule has 0 aromatic carbocycles. The van der Waals surface area contributed by atoms with Crippen molar-refractivity contribution in [3.05, 3.63) is 0 Å². The van der Waals surface area contributed by atoms with Crippen molar-refractivity contribution >= 4 is 24.1 Å². The SMILES string of the molecule is O=CCCCCC1SC[C@@H]2NC(=O)N[C@H]12. The largest absolute Gasteiger partial charge is 0.332 e. The van der Waals surface area contributed by atoms with Gasteiger partial charge < -0.3 is 15.4 Å². The molecule has 2 rings (SSSR count). The van der Waals surface area contributed by atoms with Crippen LogP contribution in [0.3, 0.4) is 0 Å². The van der Waals surface area contributed by atoms with Crippen molar-refractivity contribution in [3.63, 3.8) is 0 Å². The fourth-order valence-corrected chi connectivity index (χ4v) is 3.76. The number of urea groups is 1. The summed E-state index contributed by atoms with van der Waals surface area (Å²) in [6.07, 6.45) is 4.79. The molecule has 2 N–H and O–H groups in total. The van der Waals surface area contributed by atoms with Crippen LogP contribution in [0.25, 0.3) is 0 Å². The molecule has 2 aliphatic rings. The number of carbonyl (C=O) groups excluding carboxylic acids is 2. The van der Waals surface area contributed by atoms with Gasteiger partial charge in [-0.2, -0.15) is 11.8 Å². The van der Waals surface area contributed by atoms with Crippen LogP contribution >= 0.6 is 11.8 Å². The molecular formula is C10H16N2O2S. The van der Waals surface area contributed by atoms with Gasteiger partial charge in [-0.05, 0) is 12.8 Å². The molecule has 0 saturated carbocycles. The van der Waals surface area contributed by atoms with E-state index in [2.05, 4.69) is 10.6 Å². The van der Waals surface area contributed by atoms with Crippen molar-refractivity contribution in [1.29, 1.82) is 0 Å². The molecule has 5 heteroatoms. The number of aldehydes is 1. The highest BCUT2D eigenvalue weighted by atomic mass is 32.2. The summed E-state index contributed by atoms with van der Waals surface area (Å²) >= 11 is 1.93. The normalized spacial score (nSPS) is 33.3. The second-order valence-corrected chi connectivity index (χ2v) is 5.35. The van der Waals surface area contributed by atoms with Gasteiger partial charge in [0.25, 0.3) is 0 Å².